The van der Waals surface area contributed by atoms with E-state index in [1.165, 1.54) is 0 Å². The summed E-state index contributed by atoms with van der Waals surface area (Å²) in [5.74, 6) is 0. The summed E-state index contributed by atoms with van der Waals surface area (Å²) in [7, 11) is 0. The molecule has 2 aliphatic rings. The fourth-order valence-electron chi connectivity index (χ4n) is 2.37. The van der Waals surface area contributed by atoms with Gasteiger partial charge < -0.3 is 9.84 Å². The number of hydrogen-bond acceptors (Lipinski definition) is 4. The van der Waals surface area contributed by atoms with E-state index in [4.69, 9.17) is 10.00 Å². The third-order valence-corrected chi connectivity index (χ3v) is 3.29. The Morgan fingerprint density at radius 3 is 2.64 bits per heavy atom. The topological polar surface area (TPSA) is 65.3 Å². The van der Waals surface area contributed by atoms with Crippen LogP contribution in [-0.2, 0) is 4.74 Å². The first-order valence-corrected chi connectivity index (χ1v) is 5.09. The molecule has 0 aromatic heterocycles. The molecule has 2 fully saturated rings. The lowest BCUT2D eigenvalue weighted by atomic mass is 9.74. The Morgan fingerprint density at radius 1 is 1.50 bits per heavy atom. The molecule has 0 radical (unpaired) electrons. The Hall–Kier alpha value is -0.630. The average molecular weight is 196 g/mol. The highest BCUT2D eigenvalue weighted by Crippen LogP contribution is 2.38. The maximum Gasteiger partial charge on any atom is 0.107 e. The van der Waals surface area contributed by atoms with E-state index in [1.807, 2.05) is 0 Å². The quantitative estimate of drug-likeness (QED) is 0.668. The van der Waals surface area contributed by atoms with E-state index in [1.54, 1.807) is 0 Å². The van der Waals surface area contributed by atoms with Crippen LogP contribution in [-0.4, -0.2) is 37.0 Å². The highest BCUT2D eigenvalue weighted by molar-refractivity contribution is 5.13. The van der Waals surface area contributed by atoms with Crippen LogP contribution in [0, 0.1) is 16.7 Å². The van der Waals surface area contributed by atoms with E-state index in [0.717, 1.165) is 19.4 Å². The van der Waals surface area contributed by atoms with Crippen LogP contribution in [0.15, 0.2) is 0 Å². The van der Waals surface area contributed by atoms with Gasteiger partial charge in [0.2, 0.25) is 0 Å². The van der Waals surface area contributed by atoms with Crippen LogP contribution in [0.3, 0.4) is 0 Å². The standard InChI is InChI=1S/C10H16N2O2/c11-5-10(2-1-3-12-10)4-9(6-13)7-14-8-9/h12-13H,1-4,6-8H2. The molecule has 2 rings (SSSR count). The number of aliphatic hydroxyl groups excluding tert-OH is 1. The van der Waals surface area contributed by atoms with Gasteiger partial charge in [-0.25, -0.2) is 0 Å². The molecular formula is C10H16N2O2. The number of nitrogens with zero attached hydrogens (tertiary/aromatic N) is 1. The normalized spacial score (nSPS) is 34.9. The first-order valence-electron chi connectivity index (χ1n) is 5.09. The van der Waals surface area contributed by atoms with Gasteiger partial charge in [-0.3, -0.25) is 5.32 Å². The van der Waals surface area contributed by atoms with Crippen molar-refractivity contribution in [3.8, 4) is 6.07 Å². The van der Waals surface area contributed by atoms with E-state index < -0.39 is 5.54 Å². The number of aliphatic hydroxyl groups is 1. The molecule has 4 nitrogen and oxygen atoms in total. The van der Waals surface area contributed by atoms with Gasteiger partial charge in [0, 0.05) is 5.41 Å². The third kappa shape index (κ3) is 1.52. The molecule has 0 aliphatic carbocycles. The smallest absolute Gasteiger partial charge is 0.107 e. The maximum atomic E-state index is 9.29. The molecule has 1 atom stereocenters. The highest BCUT2D eigenvalue weighted by atomic mass is 16.5. The molecule has 2 N–H and O–H groups in total. The fraction of sp³-hybridized carbons (Fsp3) is 0.900. The van der Waals surface area contributed by atoms with E-state index in [-0.39, 0.29) is 12.0 Å². The summed E-state index contributed by atoms with van der Waals surface area (Å²) in [5, 5.41) is 21.7. The molecule has 0 saturated carbocycles. The molecule has 0 amide bonds. The van der Waals surface area contributed by atoms with Gasteiger partial charge in [0.25, 0.3) is 0 Å². The molecule has 0 aromatic rings. The van der Waals surface area contributed by atoms with Crippen molar-refractivity contribution in [3.05, 3.63) is 0 Å². The number of nitriles is 1. The van der Waals surface area contributed by atoms with Gasteiger partial charge in [-0.05, 0) is 25.8 Å². The monoisotopic (exact) mass is 196 g/mol. The van der Waals surface area contributed by atoms with Crippen LogP contribution in [0.5, 0.6) is 0 Å². The summed E-state index contributed by atoms with van der Waals surface area (Å²) in [6.45, 7) is 2.22. The van der Waals surface area contributed by atoms with Gasteiger partial charge in [-0.1, -0.05) is 0 Å². The van der Waals surface area contributed by atoms with Crippen molar-refractivity contribution >= 4 is 0 Å². The molecule has 78 valence electrons. The van der Waals surface area contributed by atoms with Crippen LogP contribution in [0.1, 0.15) is 19.3 Å². The van der Waals surface area contributed by atoms with E-state index >= 15 is 0 Å². The van der Waals surface area contributed by atoms with Gasteiger partial charge in [0.1, 0.15) is 5.54 Å². The molecule has 1 unspecified atom stereocenters. The second kappa shape index (κ2) is 3.50. The van der Waals surface area contributed by atoms with E-state index in [2.05, 4.69) is 11.4 Å². The van der Waals surface area contributed by atoms with Crippen molar-refractivity contribution in [2.45, 2.75) is 24.8 Å². The van der Waals surface area contributed by atoms with Gasteiger partial charge in [-0.15, -0.1) is 0 Å². The lowest BCUT2D eigenvalue weighted by Gasteiger charge is -2.43. The summed E-state index contributed by atoms with van der Waals surface area (Å²) >= 11 is 0. The third-order valence-electron chi connectivity index (χ3n) is 3.29. The van der Waals surface area contributed by atoms with E-state index in [9.17, 15) is 5.11 Å². The van der Waals surface area contributed by atoms with Crippen molar-refractivity contribution in [3.63, 3.8) is 0 Å². The zero-order valence-electron chi connectivity index (χ0n) is 8.25. The summed E-state index contributed by atoms with van der Waals surface area (Å²) < 4.78 is 5.13. The van der Waals surface area contributed by atoms with Crippen molar-refractivity contribution in [1.29, 1.82) is 5.26 Å². The summed E-state index contributed by atoms with van der Waals surface area (Å²) in [5.41, 5.74) is -0.570. The van der Waals surface area contributed by atoms with Crippen LogP contribution < -0.4 is 5.32 Å². The summed E-state index contributed by atoms with van der Waals surface area (Å²) in [4.78, 5) is 0. The zero-order chi connectivity index (χ0) is 10.1. The molecular weight excluding hydrogens is 180 g/mol. The first-order chi connectivity index (χ1) is 6.74. The molecule has 2 saturated heterocycles. The SMILES string of the molecule is N#CC1(CC2(CO)COC2)CCCN1. The lowest BCUT2D eigenvalue weighted by molar-refractivity contribution is -0.147. The maximum absolute atomic E-state index is 9.29. The number of hydrogen-bond donors (Lipinski definition) is 2. The molecule has 2 heterocycles. The minimum Gasteiger partial charge on any atom is -0.396 e. The Bertz CT molecular complexity index is 244. The van der Waals surface area contributed by atoms with Crippen molar-refractivity contribution in [2.24, 2.45) is 5.41 Å². The Labute approximate surface area is 83.9 Å². The second-order valence-corrected chi connectivity index (χ2v) is 4.55. The van der Waals surface area contributed by atoms with Crippen LogP contribution >= 0.6 is 0 Å². The van der Waals surface area contributed by atoms with Gasteiger partial charge in [0.15, 0.2) is 0 Å². The molecule has 14 heavy (non-hydrogen) atoms. The van der Waals surface area contributed by atoms with Crippen LogP contribution in [0.2, 0.25) is 0 Å². The van der Waals surface area contributed by atoms with Gasteiger partial charge in [-0.2, -0.15) is 5.26 Å². The van der Waals surface area contributed by atoms with Crippen molar-refractivity contribution < 1.29 is 9.84 Å². The molecule has 0 aromatic carbocycles. The number of ether oxygens (including phenoxy) is 1. The average Bonchev–Trinajstić information content (AvgIpc) is 2.61. The van der Waals surface area contributed by atoms with Crippen molar-refractivity contribution in [2.75, 3.05) is 26.4 Å². The minimum absolute atomic E-state index is 0.123. The fourth-order valence-corrected chi connectivity index (χ4v) is 2.37. The predicted octanol–water partition coefficient (Wildman–Crippen LogP) is 0.0312. The molecule has 0 spiro atoms. The Morgan fingerprint density at radius 2 is 2.29 bits per heavy atom. The summed E-state index contributed by atoms with van der Waals surface area (Å²) in [6, 6.07) is 2.36. The highest BCUT2D eigenvalue weighted by Gasteiger charge is 2.47. The van der Waals surface area contributed by atoms with Crippen LogP contribution in [0.25, 0.3) is 0 Å². The van der Waals surface area contributed by atoms with Gasteiger partial charge >= 0.3 is 0 Å². The number of rotatable bonds is 3. The van der Waals surface area contributed by atoms with Gasteiger partial charge in [0.05, 0.1) is 25.9 Å². The number of nitrogens with one attached hydrogen (secondary N) is 1. The molecule has 4 heteroatoms. The lowest BCUT2D eigenvalue weighted by Crippen LogP contribution is -2.53. The summed E-state index contributed by atoms with van der Waals surface area (Å²) in [6.07, 6.45) is 2.66. The molecule has 0 bridgehead atoms. The predicted molar refractivity (Wildman–Crippen MR) is 50.5 cm³/mol. The minimum atomic E-state index is -0.410. The Kier molecular flexibility index (Phi) is 2.48. The second-order valence-electron chi connectivity index (χ2n) is 4.55. The molecule has 2 aliphatic heterocycles. The van der Waals surface area contributed by atoms with Crippen molar-refractivity contribution in [1.82, 2.24) is 5.32 Å². The van der Waals surface area contributed by atoms with Crippen LogP contribution in [0.4, 0.5) is 0 Å². The largest absolute Gasteiger partial charge is 0.396 e. The first kappa shape index (κ1) is 9.91. The zero-order valence-corrected chi connectivity index (χ0v) is 8.25. The van der Waals surface area contributed by atoms with E-state index in [0.29, 0.717) is 19.6 Å². The Balaban J connectivity index is 2.04.